The number of aliphatic hydroxyl groups is 2. The third-order valence-electron chi connectivity index (χ3n) is 12.3. The number of carbonyl (C=O) groups excluding carboxylic acids is 2. The van der Waals surface area contributed by atoms with E-state index in [0.29, 0.717) is 19.3 Å². The van der Waals surface area contributed by atoms with Crippen LogP contribution in [0.1, 0.15) is 265 Å². The number of unbranched alkanes of at least 4 members (excludes halogenated alkanes) is 27. The number of amides is 1. The Labute approximate surface area is 402 Å². The lowest BCUT2D eigenvalue weighted by Gasteiger charge is -2.24. The van der Waals surface area contributed by atoms with Gasteiger partial charge in [-0.2, -0.15) is 0 Å². The zero-order chi connectivity index (χ0) is 47.4. The van der Waals surface area contributed by atoms with Crippen molar-refractivity contribution in [3.8, 4) is 0 Å². The number of hydrogen-bond donors (Lipinski definition) is 3. The van der Waals surface area contributed by atoms with Gasteiger partial charge in [-0.3, -0.25) is 9.59 Å². The lowest BCUT2D eigenvalue weighted by atomic mass is 10.0. The van der Waals surface area contributed by atoms with Crippen molar-refractivity contribution >= 4 is 11.9 Å². The van der Waals surface area contributed by atoms with Crippen molar-refractivity contribution in [1.82, 2.24) is 5.32 Å². The standard InChI is InChI=1S/C59H105NO5/c1-4-7-10-13-16-19-22-24-26-28-29-30-32-34-37-40-43-46-49-52-59(64)65-55(50-47-44-41-38-36-33-31-27-25-23-20-17-14-11-8-5-2)53-58(63)60-56(54-61)57(62)51-48-45-42-39-35-21-18-15-12-9-6-3/h16,19,23-27,29-31,33,36,55-57,61-62H,4-15,17-18,20-22,28,32,34-35,37-54H2,1-3H3,(H,60,63)/b19-16-,25-23+,26-24-,30-29-,31-27+,36-33+. The van der Waals surface area contributed by atoms with Crippen LogP contribution in [-0.2, 0) is 14.3 Å². The molecule has 65 heavy (non-hydrogen) atoms. The molecule has 3 atom stereocenters. The molecule has 0 aliphatic carbocycles. The molecule has 3 unspecified atom stereocenters. The van der Waals surface area contributed by atoms with Crippen molar-refractivity contribution in [1.29, 1.82) is 0 Å². The number of ether oxygens (including phenoxy) is 1. The van der Waals surface area contributed by atoms with Gasteiger partial charge < -0.3 is 20.3 Å². The van der Waals surface area contributed by atoms with Gasteiger partial charge in [0.05, 0.1) is 25.2 Å². The summed E-state index contributed by atoms with van der Waals surface area (Å²) in [5.74, 6) is -0.521. The minimum absolute atomic E-state index is 0.0473. The topological polar surface area (TPSA) is 95.9 Å². The molecule has 0 aliphatic rings. The minimum Gasteiger partial charge on any atom is -0.462 e. The molecule has 0 spiro atoms. The van der Waals surface area contributed by atoms with E-state index < -0.39 is 18.2 Å². The fourth-order valence-corrected chi connectivity index (χ4v) is 8.09. The summed E-state index contributed by atoms with van der Waals surface area (Å²) in [4.78, 5) is 26.2. The van der Waals surface area contributed by atoms with Crippen LogP contribution in [0.3, 0.4) is 0 Å². The van der Waals surface area contributed by atoms with Gasteiger partial charge in [0.15, 0.2) is 0 Å². The van der Waals surface area contributed by atoms with E-state index in [2.05, 4.69) is 99.0 Å². The van der Waals surface area contributed by atoms with Gasteiger partial charge in [0.25, 0.3) is 0 Å². The molecule has 0 aromatic carbocycles. The average molecular weight is 908 g/mol. The highest BCUT2D eigenvalue weighted by Crippen LogP contribution is 2.17. The van der Waals surface area contributed by atoms with Crippen LogP contribution in [0, 0.1) is 0 Å². The first-order chi connectivity index (χ1) is 32.0. The molecule has 0 aromatic heterocycles. The Balaban J connectivity index is 4.66. The molecule has 1 amide bonds. The molecule has 0 radical (unpaired) electrons. The van der Waals surface area contributed by atoms with Crippen LogP contribution in [0.15, 0.2) is 72.9 Å². The van der Waals surface area contributed by atoms with Gasteiger partial charge in [0, 0.05) is 6.42 Å². The van der Waals surface area contributed by atoms with Gasteiger partial charge in [-0.05, 0) is 89.9 Å². The molecule has 6 heteroatoms. The van der Waals surface area contributed by atoms with Crippen molar-refractivity contribution < 1.29 is 24.5 Å². The predicted molar refractivity (Wildman–Crippen MR) is 282 cm³/mol. The highest BCUT2D eigenvalue weighted by molar-refractivity contribution is 5.77. The van der Waals surface area contributed by atoms with E-state index in [-0.39, 0.29) is 24.9 Å². The molecular weight excluding hydrogens is 803 g/mol. The Morgan fingerprint density at radius 2 is 0.846 bits per heavy atom. The maximum absolute atomic E-state index is 13.2. The number of rotatable bonds is 49. The highest BCUT2D eigenvalue weighted by Gasteiger charge is 2.24. The summed E-state index contributed by atoms with van der Waals surface area (Å²) in [6, 6.07) is -0.718. The zero-order valence-corrected chi connectivity index (χ0v) is 42.9. The smallest absolute Gasteiger partial charge is 0.306 e. The van der Waals surface area contributed by atoms with Gasteiger partial charge in [-0.25, -0.2) is 0 Å². The van der Waals surface area contributed by atoms with E-state index in [4.69, 9.17) is 4.74 Å². The Kier molecular flexibility index (Phi) is 50.1. The van der Waals surface area contributed by atoms with Crippen molar-refractivity contribution in [3.05, 3.63) is 72.9 Å². The predicted octanol–water partition coefficient (Wildman–Crippen LogP) is 17.0. The molecular formula is C59H105NO5. The third kappa shape index (κ3) is 47.6. The first-order valence-electron chi connectivity index (χ1n) is 27.7. The van der Waals surface area contributed by atoms with E-state index in [9.17, 15) is 19.8 Å². The summed E-state index contributed by atoms with van der Waals surface area (Å²) in [7, 11) is 0. The lowest BCUT2D eigenvalue weighted by Crippen LogP contribution is -2.46. The maximum atomic E-state index is 13.2. The van der Waals surface area contributed by atoms with Gasteiger partial charge in [-0.1, -0.05) is 235 Å². The van der Waals surface area contributed by atoms with Crippen LogP contribution in [-0.4, -0.2) is 46.9 Å². The van der Waals surface area contributed by atoms with Crippen LogP contribution in [0.2, 0.25) is 0 Å². The van der Waals surface area contributed by atoms with E-state index in [1.54, 1.807) is 0 Å². The monoisotopic (exact) mass is 908 g/mol. The van der Waals surface area contributed by atoms with E-state index in [1.807, 2.05) is 0 Å². The molecule has 3 N–H and O–H groups in total. The molecule has 376 valence electrons. The van der Waals surface area contributed by atoms with Crippen LogP contribution >= 0.6 is 0 Å². The summed E-state index contributed by atoms with van der Waals surface area (Å²) in [5.41, 5.74) is 0. The fraction of sp³-hybridized carbons (Fsp3) is 0.763. The highest BCUT2D eigenvalue weighted by atomic mass is 16.5. The SMILES string of the molecule is CCCCC/C=C\C/C=C\C/C=C\CCCCCCCCC(=O)OC(CCCCC/C=C/C=C/C=C/CCCCCCC)CC(=O)NC(CO)C(O)CCCCCCCCCCCCC. The lowest BCUT2D eigenvalue weighted by molar-refractivity contribution is -0.151. The van der Waals surface area contributed by atoms with Crippen LogP contribution in [0.5, 0.6) is 0 Å². The second kappa shape index (κ2) is 52.3. The van der Waals surface area contributed by atoms with Gasteiger partial charge in [0.1, 0.15) is 6.10 Å². The van der Waals surface area contributed by atoms with E-state index in [1.165, 1.54) is 128 Å². The molecule has 0 fully saturated rings. The van der Waals surface area contributed by atoms with Crippen LogP contribution < -0.4 is 5.32 Å². The molecule has 0 saturated heterocycles. The molecule has 0 bridgehead atoms. The number of allylic oxidation sites excluding steroid dienone is 12. The van der Waals surface area contributed by atoms with Crippen molar-refractivity contribution in [3.63, 3.8) is 0 Å². The average Bonchev–Trinajstić information content (AvgIpc) is 3.30. The summed E-state index contributed by atoms with van der Waals surface area (Å²) < 4.78 is 5.93. The minimum atomic E-state index is -0.802. The number of hydrogen-bond acceptors (Lipinski definition) is 5. The van der Waals surface area contributed by atoms with Gasteiger partial charge in [0.2, 0.25) is 5.91 Å². The molecule has 0 rings (SSSR count). The Morgan fingerprint density at radius 1 is 0.462 bits per heavy atom. The Hall–Kier alpha value is -2.70. The Morgan fingerprint density at radius 3 is 1.35 bits per heavy atom. The third-order valence-corrected chi connectivity index (χ3v) is 12.3. The first kappa shape index (κ1) is 62.3. The second-order valence-electron chi connectivity index (χ2n) is 18.7. The number of esters is 1. The van der Waals surface area contributed by atoms with Crippen LogP contribution in [0.4, 0.5) is 0 Å². The number of carbonyl (C=O) groups is 2. The molecule has 0 aliphatic heterocycles. The summed E-state index contributed by atoms with van der Waals surface area (Å²) in [6.07, 6.45) is 66.7. The first-order valence-corrected chi connectivity index (χ1v) is 27.7. The normalized spacial score (nSPS) is 13.7. The summed E-state index contributed by atoms with van der Waals surface area (Å²) >= 11 is 0. The van der Waals surface area contributed by atoms with Gasteiger partial charge in [-0.15, -0.1) is 0 Å². The molecule has 0 heterocycles. The zero-order valence-electron chi connectivity index (χ0n) is 42.9. The van der Waals surface area contributed by atoms with Crippen molar-refractivity contribution in [2.75, 3.05) is 6.61 Å². The number of aliphatic hydroxyl groups excluding tert-OH is 2. The summed E-state index contributed by atoms with van der Waals surface area (Å²) in [6.45, 7) is 6.43. The second-order valence-corrected chi connectivity index (χ2v) is 18.7. The fourth-order valence-electron chi connectivity index (χ4n) is 8.09. The number of nitrogens with one attached hydrogen (secondary N) is 1. The molecule has 0 saturated carbocycles. The maximum Gasteiger partial charge on any atom is 0.306 e. The van der Waals surface area contributed by atoms with Crippen molar-refractivity contribution in [2.24, 2.45) is 0 Å². The Bertz CT molecular complexity index is 1200. The van der Waals surface area contributed by atoms with Gasteiger partial charge >= 0.3 is 5.97 Å². The quantitative estimate of drug-likeness (QED) is 0.0245. The summed E-state index contributed by atoms with van der Waals surface area (Å²) in [5, 5.41) is 23.8. The van der Waals surface area contributed by atoms with Crippen molar-refractivity contribution in [2.45, 2.75) is 283 Å². The largest absolute Gasteiger partial charge is 0.462 e. The van der Waals surface area contributed by atoms with E-state index in [0.717, 1.165) is 89.9 Å². The van der Waals surface area contributed by atoms with E-state index >= 15 is 0 Å². The molecule has 0 aromatic rings. The van der Waals surface area contributed by atoms with Crippen LogP contribution in [0.25, 0.3) is 0 Å². The molecule has 6 nitrogen and oxygen atoms in total.